The average Bonchev–Trinajstić information content (AvgIpc) is 2.23. The minimum atomic E-state index is -0.423. The Balaban J connectivity index is 5.51. The van der Waals surface area contributed by atoms with Crippen LogP contribution in [0.25, 0.3) is 0 Å². The first-order chi connectivity index (χ1) is 8.42. The molecule has 0 saturated heterocycles. The lowest BCUT2D eigenvalue weighted by Crippen LogP contribution is -2.58. The molecule has 0 heterocycles. The average molecular weight is 274 g/mol. The van der Waals surface area contributed by atoms with Crippen molar-refractivity contribution in [3.63, 3.8) is 0 Å². The summed E-state index contributed by atoms with van der Waals surface area (Å²) in [6, 6.07) is 0. The molecule has 0 rings (SSSR count). The highest BCUT2D eigenvalue weighted by Crippen LogP contribution is 2.52. The van der Waals surface area contributed by atoms with E-state index in [1.807, 2.05) is 6.92 Å². The highest BCUT2D eigenvalue weighted by molar-refractivity contribution is 5.03. The Morgan fingerprint density at radius 2 is 1.47 bits per heavy atom. The van der Waals surface area contributed by atoms with Gasteiger partial charge >= 0.3 is 0 Å². The Hall–Kier alpha value is -0.120. The topological polar surface area (TPSA) is 49.7 Å². The molecule has 0 saturated carbocycles. The molecule has 2 atom stereocenters. The van der Waals surface area contributed by atoms with Gasteiger partial charge in [-0.25, -0.2) is 0 Å². The smallest absolute Gasteiger partial charge is 0.0760 e. The summed E-state index contributed by atoms with van der Waals surface area (Å²) in [5, 5.41) is 18.9. The summed E-state index contributed by atoms with van der Waals surface area (Å²) in [7, 11) is 0. The van der Waals surface area contributed by atoms with Crippen molar-refractivity contribution in [2.24, 2.45) is 16.7 Å². The molecule has 0 aliphatic heterocycles. The minimum Gasteiger partial charge on any atom is -0.394 e. The zero-order chi connectivity index (χ0) is 15.5. The van der Waals surface area contributed by atoms with Gasteiger partial charge in [-0.2, -0.15) is 0 Å². The van der Waals surface area contributed by atoms with Gasteiger partial charge in [-0.1, -0.05) is 41.5 Å². The van der Waals surface area contributed by atoms with Gasteiger partial charge in [0, 0.05) is 0 Å². The van der Waals surface area contributed by atoms with E-state index in [1.165, 1.54) is 0 Å². The molecule has 0 spiro atoms. The quantitative estimate of drug-likeness (QED) is 0.714. The minimum absolute atomic E-state index is 0.0223. The van der Waals surface area contributed by atoms with Crippen LogP contribution in [0.5, 0.6) is 0 Å². The van der Waals surface area contributed by atoms with Crippen molar-refractivity contribution in [1.29, 1.82) is 0 Å². The third kappa shape index (κ3) is 3.93. The van der Waals surface area contributed by atoms with Gasteiger partial charge in [-0.15, -0.1) is 0 Å². The molecule has 0 fully saturated rings. The molecular weight excluding hydrogens is 240 g/mol. The van der Waals surface area contributed by atoms with Crippen molar-refractivity contribution in [3.8, 4) is 0 Å². The van der Waals surface area contributed by atoms with Gasteiger partial charge in [0.05, 0.1) is 24.9 Å². The predicted octanol–water partition coefficient (Wildman–Crippen LogP) is 3.23. The fourth-order valence-corrected chi connectivity index (χ4v) is 2.99. The molecular formula is C16H34O3. The largest absolute Gasteiger partial charge is 0.394 e. The van der Waals surface area contributed by atoms with E-state index in [2.05, 4.69) is 48.5 Å². The van der Waals surface area contributed by atoms with Crippen LogP contribution in [-0.2, 0) is 4.74 Å². The molecule has 116 valence electrons. The summed E-state index contributed by atoms with van der Waals surface area (Å²) in [4.78, 5) is 0. The van der Waals surface area contributed by atoms with Crippen LogP contribution >= 0.6 is 0 Å². The highest BCUT2D eigenvalue weighted by Gasteiger charge is 2.53. The Morgan fingerprint density at radius 3 is 1.79 bits per heavy atom. The molecule has 0 amide bonds. The van der Waals surface area contributed by atoms with Crippen molar-refractivity contribution in [2.75, 3.05) is 13.2 Å². The Labute approximate surface area is 119 Å². The van der Waals surface area contributed by atoms with Crippen molar-refractivity contribution in [1.82, 2.24) is 0 Å². The van der Waals surface area contributed by atoms with Crippen molar-refractivity contribution < 1.29 is 14.9 Å². The van der Waals surface area contributed by atoms with Crippen LogP contribution in [0.4, 0.5) is 0 Å². The van der Waals surface area contributed by atoms with Gasteiger partial charge in [-0.05, 0) is 37.0 Å². The Morgan fingerprint density at radius 1 is 1.00 bits per heavy atom. The molecule has 3 nitrogen and oxygen atoms in total. The van der Waals surface area contributed by atoms with Gasteiger partial charge in [0.1, 0.15) is 0 Å². The lowest BCUT2D eigenvalue weighted by atomic mass is 9.56. The molecule has 3 heteroatoms. The van der Waals surface area contributed by atoms with Gasteiger partial charge in [0.25, 0.3) is 0 Å². The van der Waals surface area contributed by atoms with Crippen molar-refractivity contribution in [3.05, 3.63) is 0 Å². The fraction of sp³-hybridized carbons (Fsp3) is 1.00. The zero-order valence-electron chi connectivity index (χ0n) is 14.1. The third-order valence-electron chi connectivity index (χ3n) is 5.25. The van der Waals surface area contributed by atoms with E-state index in [0.29, 0.717) is 18.9 Å². The highest BCUT2D eigenvalue weighted by atomic mass is 16.5. The van der Waals surface area contributed by atoms with E-state index in [9.17, 15) is 5.11 Å². The van der Waals surface area contributed by atoms with E-state index in [0.717, 1.165) is 0 Å². The normalized spacial score (nSPS) is 18.5. The molecule has 19 heavy (non-hydrogen) atoms. The van der Waals surface area contributed by atoms with E-state index in [-0.39, 0.29) is 23.5 Å². The monoisotopic (exact) mass is 274 g/mol. The molecule has 0 bridgehead atoms. The van der Waals surface area contributed by atoms with Crippen LogP contribution < -0.4 is 0 Å². The molecule has 0 aromatic carbocycles. The maximum Gasteiger partial charge on any atom is 0.0760 e. The van der Waals surface area contributed by atoms with E-state index in [4.69, 9.17) is 9.84 Å². The Bertz CT molecular complexity index is 269. The van der Waals surface area contributed by atoms with Crippen LogP contribution in [0, 0.1) is 16.7 Å². The summed E-state index contributed by atoms with van der Waals surface area (Å²) in [5.74, 6) is 0.435. The van der Waals surface area contributed by atoms with Crippen molar-refractivity contribution in [2.45, 2.75) is 73.5 Å². The molecule has 0 radical (unpaired) electrons. The molecule has 0 aromatic heterocycles. The summed E-state index contributed by atoms with van der Waals surface area (Å²) >= 11 is 0. The van der Waals surface area contributed by atoms with Crippen LogP contribution in [-0.4, -0.2) is 35.1 Å². The second kappa shape index (κ2) is 6.55. The number of hydrogen-bond acceptors (Lipinski definition) is 3. The lowest BCUT2D eigenvalue weighted by Gasteiger charge is -2.56. The fourth-order valence-electron chi connectivity index (χ4n) is 2.99. The summed E-state index contributed by atoms with van der Waals surface area (Å²) in [6.07, 6.45) is 0.306. The summed E-state index contributed by atoms with van der Waals surface area (Å²) in [5.41, 5.74) is -0.682. The molecule has 2 unspecified atom stereocenters. The molecule has 2 N–H and O–H groups in total. The number of hydrogen-bond donors (Lipinski definition) is 2. The second-order valence-corrected chi connectivity index (χ2v) is 7.42. The summed E-state index contributed by atoms with van der Waals surface area (Å²) in [6.45, 7) is 17.4. The van der Waals surface area contributed by atoms with Gasteiger partial charge in [0.15, 0.2) is 0 Å². The summed E-state index contributed by atoms with van der Waals surface area (Å²) < 4.78 is 6.11. The zero-order valence-corrected chi connectivity index (χ0v) is 14.1. The molecule has 0 aliphatic carbocycles. The number of rotatable bonds is 8. The SMILES string of the molecule is CC(O)CC(C)(C)C(C)(OCCO)C(C)(C)C(C)C. The maximum absolute atomic E-state index is 9.78. The van der Waals surface area contributed by atoms with E-state index >= 15 is 0 Å². The number of ether oxygens (including phenoxy) is 1. The van der Waals surface area contributed by atoms with Crippen molar-refractivity contribution >= 4 is 0 Å². The Kier molecular flexibility index (Phi) is 6.51. The third-order valence-corrected chi connectivity index (χ3v) is 5.25. The maximum atomic E-state index is 9.78. The first-order valence-corrected chi connectivity index (χ1v) is 7.35. The first kappa shape index (κ1) is 18.9. The number of aliphatic hydroxyl groups excluding tert-OH is 2. The molecule has 0 aromatic rings. The number of aliphatic hydroxyl groups is 2. The van der Waals surface area contributed by atoms with E-state index < -0.39 is 5.60 Å². The van der Waals surface area contributed by atoms with Crippen LogP contribution in [0.2, 0.25) is 0 Å². The van der Waals surface area contributed by atoms with Gasteiger partial charge < -0.3 is 14.9 Å². The van der Waals surface area contributed by atoms with Crippen LogP contribution in [0.15, 0.2) is 0 Å². The van der Waals surface area contributed by atoms with E-state index in [1.54, 1.807) is 0 Å². The standard InChI is InChI=1S/C16H34O3/c1-12(2)15(6,7)16(8,19-10-9-17)14(4,5)11-13(3)18/h12-13,17-18H,9-11H2,1-8H3. The first-order valence-electron chi connectivity index (χ1n) is 7.35. The lowest BCUT2D eigenvalue weighted by molar-refractivity contribution is -0.204. The predicted molar refractivity (Wildman–Crippen MR) is 80.1 cm³/mol. The van der Waals surface area contributed by atoms with Gasteiger partial charge in [-0.3, -0.25) is 0 Å². The van der Waals surface area contributed by atoms with Gasteiger partial charge in [0.2, 0.25) is 0 Å². The van der Waals surface area contributed by atoms with Crippen LogP contribution in [0.1, 0.15) is 61.8 Å². The molecule has 0 aliphatic rings. The second-order valence-electron chi connectivity index (χ2n) is 7.42. The van der Waals surface area contributed by atoms with Crippen LogP contribution in [0.3, 0.4) is 0 Å².